The van der Waals surface area contributed by atoms with Crippen LogP contribution >= 0.6 is 0 Å². The molecule has 1 atom stereocenters. The number of rotatable bonds is 4. The molecule has 1 aromatic rings. The third kappa shape index (κ3) is 3.06. The third-order valence-electron chi connectivity index (χ3n) is 2.75. The van der Waals surface area contributed by atoms with Gasteiger partial charge < -0.3 is 5.21 Å². The number of benzene rings is 1. The number of sulfone groups is 1. The number of aryl methyl sites for hydroxylation is 1. The van der Waals surface area contributed by atoms with Gasteiger partial charge in [-0.3, -0.25) is 0 Å². The minimum atomic E-state index is -3.26. The molecule has 0 aromatic heterocycles. The number of nitrogens with zero attached hydrogens (tertiary/aromatic N) is 1. The van der Waals surface area contributed by atoms with Crippen LogP contribution in [0.1, 0.15) is 25.0 Å². The summed E-state index contributed by atoms with van der Waals surface area (Å²) in [6.45, 7) is 5.02. The fourth-order valence-electron chi connectivity index (χ4n) is 1.60. The van der Waals surface area contributed by atoms with Gasteiger partial charge >= 0.3 is 0 Å². The minimum Gasteiger partial charge on any atom is -0.411 e. The first-order valence-electron chi connectivity index (χ1n) is 5.43. The SMILES string of the molecule is CCS(=O)(=O)[C@@H](C)/C(=N\O)c1cccc(C)c1. The van der Waals surface area contributed by atoms with Crippen molar-refractivity contribution < 1.29 is 13.6 Å². The van der Waals surface area contributed by atoms with Gasteiger partial charge in [-0.1, -0.05) is 41.9 Å². The molecule has 0 saturated heterocycles. The third-order valence-corrected chi connectivity index (χ3v) is 4.85. The maximum absolute atomic E-state index is 11.8. The lowest BCUT2D eigenvalue weighted by atomic mass is 10.1. The van der Waals surface area contributed by atoms with E-state index in [9.17, 15) is 8.42 Å². The summed E-state index contributed by atoms with van der Waals surface area (Å²) in [5.41, 5.74) is 1.82. The van der Waals surface area contributed by atoms with Crippen LogP contribution in [-0.4, -0.2) is 30.3 Å². The first-order chi connectivity index (χ1) is 7.92. The molecule has 1 N–H and O–H groups in total. The Labute approximate surface area is 102 Å². The van der Waals surface area contributed by atoms with E-state index in [-0.39, 0.29) is 11.5 Å². The van der Waals surface area contributed by atoms with Crippen molar-refractivity contribution in [2.45, 2.75) is 26.0 Å². The van der Waals surface area contributed by atoms with Gasteiger partial charge in [-0.2, -0.15) is 0 Å². The summed E-state index contributed by atoms with van der Waals surface area (Å²) in [6, 6.07) is 7.25. The van der Waals surface area contributed by atoms with E-state index in [0.717, 1.165) is 5.56 Å². The molecule has 94 valence electrons. The van der Waals surface area contributed by atoms with Crippen molar-refractivity contribution in [3.8, 4) is 0 Å². The molecule has 0 aliphatic carbocycles. The molecule has 1 rings (SSSR count). The Morgan fingerprint density at radius 2 is 2.12 bits per heavy atom. The maximum atomic E-state index is 11.8. The minimum absolute atomic E-state index is 0.0268. The molecule has 0 radical (unpaired) electrons. The summed E-state index contributed by atoms with van der Waals surface area (Å²) < 4.78 is 23.5. The van der Waals surface area contributed by atoms with Gasteiger partial charge in [0.2, 0.25) is 0 Å². The molecule has 1 aromatic carbocycles. The molecule has 0 fully saturated rings. The van der Waals surface area contributed by atoms with E-state index in [4.69, 9.17) is 5.21 Å². The molecule has 0 aliphatic rings. The number of hydrogen-bond acceptors (Lipinski definition) is 4. The Kier molecular flexibility index (Phi) is 4.28. The molecule has 0 bridgehead atoms. The Morgan fingerprint density at radius 1 is 1.47 bits per heavy atom. The number of hydrogen-bond donors (Lipinski definition) is 1. The van der Waals surface area contributed by atoms with E-state index in [2.05, 4.69) is 5.16 Å². The van der Waals surface area contributed by atoms with Crippen LogP contribution in [0.4, 0.5) is 0 Å². The second-order valence-corrected chi connectivity index (χ2v) is 6.56. The highest BCUT2D eigenvalue weighted by Gasteiger charge is 2.25. The molecule has 0 spiro atoms. The average Bonchev–Trinajstić information content (AvgIpc) is 2.30. The van der Waals surface area contributed by atoms with Crippen LogP contribution in [-0.2, 0) is 9.84 Å². The van der Waals surface area contributed by atoms with Crippen LogP contribution < -0.4 is 0 Å². The van der Waals surface area contributed by atoms with Gasteiger partial charge in [0.15, 0.2) is 9.84 Å². The summed E-state index contributed by atoms with van der Waals surface area (Å²) >= 11 is 0. The summed E-state index contributed by atoms with van der Waals surface area (Å²) in [5.74, 6) is 0.0268. The molecule has 0 saturated carbocycles. The van der Waals surface area contributed by atoms with Gasteiger partial charge in [0.1, 0.15) is 11.0 Å². The van der Waals surface area contributed by atoms with Gasteiger partial charge in [-0.05, 0) is 13.8 Å². The Hall–Kier alpha value is -1.36. The standard InChI is InChI=1S/C12H17NO3S/c1-4-17(15,16)10(3)12(13-14)11-7-5-6-9(2)8-11/h5-8,10,14H,4H2,1-3H3/b13-12+/t10-/m0/s1. The quantitative estimate of drug-likeness (QED) is 0.508. The highest BCUT2D eigenvalue weighted by atomic mass is 32.2. The zero-order chi connectivity index (χ0) is 13.1. The molecule has 0 amide bonds. The van der Waals surface area contributed by atoms with Crippen LogP contribution in [0.25, 0.3) is 0 Å². The summed E-state index contributed by atoms with van der Waals surface area (Å²) in [4.78, 5) is 0. The molecule has 0 unspecified atom stereocenters. The highest BCUT2D eigenvalue weighted by Crippen LogP contribution is 2.13. The number of oxime groups is 1. The van der Waals surface area contributed by atoms with Crippen molar-refractivity contribution in [1.82, 2.24) is 0 Å². The van der Waals surface area contributed by atoms with Crippen molar-refractivity contribution >= 4 is 15.5 Å². The molecule has 0 aliphatic heterocycles. The van der Waals surface area contributed by atoms with Crippen LogP contribution in [0, 0.1) is 6.92 Å². The average molecular weight is 255 g/mol. The summed E-state index contributed by atoms with van der Waals surface area (Å²) in [6.07, 6.45) is 0. The molecule has 0 heterocycles. The lowest BCUT2D eigenvalue weighted by Crippen LogP contribution is -2.29. The summed E-state index contributed by atoms with van der Waals surface area (Å²) in [7, 11) is -3.26. The second-order valence-electron chi connectivity index (χ2n) is 3.95. The largest absolute Gasteiger partial charge is 0.411 e. The van der Waals surface area contributed by atoms with Crippen LogP contribution in [0.15, 0.2) is 29.4 Å². The zero-order valence-corrected chi connectivity index (χ0v) is 11.0. The van der Waals surface area contributed by atoms with Crippen LogP contribution in [0.5, 0.6) is 0 Å². The monoisotopic (exact) mass is 255 g/mol. The van der Waals surface area contributed by atoms with Gasteiger partial charge in [0, 0.05) is 11.3 Å². The van der Waals surface area contributed by atoms with Gasteiger partial charge in [0.25, 0.3) is 0 Å². The second kappa shape index (κ2) is 5.31. The Bertz CT molecular complexity index is 520. The van der Waals surface area contributed by atoms with Crippen molar-refractivity contribution in [3.05, 3.63) is 35.4 Å². The Balaban J connectivity index is 3.19. The zero-order valence-electron chi connectivity index (χ0n) is 10.2. The molecular formula is C12H17NO3S. The van der Waals surface area contributed by atoms with Gasteiger partial charge in [-0.25, -0.2) is 8.42 Å². The molecule has 4 nitrogen and oxygen atoms in total. The van der Waals surface area contributed by atoms with E-state index in [1.165, 1.54) is 6.92 Å². The van der Waals surface area contributed by atoms with Gasteiger partial charge in [0.05, 0.1) is 0 Å². The van der Waals surface area contributed by atoms with Crippen molar-refractivity contribution in [1.29, 1.82) is 0 Å². The summed E-state index contributed by atoms with van der Waals surface area (Å²) in [5, 5.41) is 11.4. The van der Waals surface area contributed by atoms with E-state index in [1.54, 1.807) is 25.1 Å². The normalized spacial score (nSPS) is 14.6. The predicted octanol–water partition coefficient (Wildman–Crippen LogP) is 2.00. The maximum Gasteiger partial charge on any atom is 0.158 e. The predicted molar refractivity (Wildman–Crippen MR) is 68.4 cm³/mol. The van der Waals surface area contributed by atoms with Gasteiger partial charge in [-0.15, -0.1) is 0 Å². The molecule has 5 heteroatoms. The Morgan fingerprint density at radius 3 is 2.59 bits per heavy atom. The topological polar surface area (TPSA) is 66.7 Å². The fraction of sp³-hybridized carbons (Fsp3) is 0.417. The lowest BCUT2D eigenvalue weighted by molar-refractivity contribution is 0.318. The van der Waals surface area contributed by atoms with Crippen molar-refractivity contribution in [2.24, 2.45) is 5.16 Å². The van der Waals surface area contributed by atoms with Crippen molar-refractivity contribution in [2.75, 3.05) is 5.75 Å². The molecular weight excluding hydrogens is 238 g/mol. The van der Waals surface area contributed by atoms with Crippen molar-refractivity contribution in [3.63, 3.8) is 0 Å². The fourth-order valence-corrected chi connectivity index (χ4v) is 2.62. The van der Waals surface area contributed by atoms with E-state index >= 15 is 0 Å². The van der Waals surface area contributed by atoms with Crippen LogP contribution in [0.3, 0.4) is 0 Å². The van der Waals surface area contributed by atoms with E-state index in [0.29, 0.717) is 5.56 Å². The van der Waals surface area contributed by atoms with E-state index < -0.39 is 15.1 Å². The van der Waals surface area contributed by atoms with Crippen LogP contribution in [0.2, 0.25) is 0 Å². The van der Waals surface area contributed by atoms with E-state index in [1.807, 2.05) is 13.0 Å². The highest BCUT2D eigenvalue weighted by molar-refractivity contribution is 7.92. The first-order valence-corrected chi connectivity index (χ1v) is 7.14. The smallest absolute Gasteiger partial charge is 0.158 e. The first kappa shape index (κ1) is 13.7. The molecule has 17 heavy (non-hydrogen) atoms. The lowest BCUT2D eigenvalue weighted by Gasteiger charge is -2.13.